The van der Waals surface area contributed by atoms with Gasteiger partial charge in [-0.15, -0.1) is 0 Å². The number of anilines is 1. The van der Waals surface area contributed by atoms with Crippen LogP contribution < -0.4 is 10.6 Å². The molecule has 234 valence electrons. The van der Waals surface area contributed by atoms with E-state index < -0.39 is 17.8 Å². The molecule has 3 aliphatic rings. The van der Waals surface area contributed by atoms with Gasteiger partial charge >= 0.3 is 6.18 Å². The van der Waals surface area contributed by atoms with Crippen LogP contribution >= 0.6 is 11.6 Å². The van der Waals surface area contributed by atoms with Crippen molar-refractivity contribution in [3.8, 4) is 11.3 Å². The average molecular weight is 633 g/mol. The molecule has 2 aliphatic heterocycles. The molecular weight excluding hydrogens is 601 g/mol. The lowest BCUT2D eigenvalue weighted by atomic mass is 10.0. The fraction of sp³-hybridized carbons (Fsp3) is 0.483. The Morgan fingerprint density at radius 3 is 2.41 bits per heavy atom. The van der Waals surface area contributed by atoms with Gasteiger partial charge in [-0.05, 0) is 50.4 Å². The van der Waals surface area contributed by atoms with Gasteiger partial charge in [0.1, 0.15) is 0 Å². The quantitative estimate of drug-likeness (QED) is 0.425. The second-order valence-corrected chi connectivity index (χ2v) is 11.8. The number of hydrogen-bond acceptors (Lipinski definition) is 6. The van der Waals surface area contributed by atoms with Crippen LogP contribution in [0.15, 0.2) is 30.6 Å². The van der Waals surface area contributed by atoms with E-state index in [1.54, 1.807) is 9.80 Å². The van der Waals surface area contributed by atoms with Crippen molar-refractivity contribution in [2.75, 3.05) is 38.0 Å². The van der Waals surface area contributed by atoms with Crippen molar-refractivity contribution in [2.24, 2.45) is 7.05 Å². The topological polar surface area (TPSA) is 117 Å². The highest BCUT2D eigenvalue weighted by Crippen LogP contribution is 2.41. The molecule has 0 radical (unpaired) electrons. The van der Waals surface area contributed by atoms with Crippen LogP contribution in [-0.2, 0) is 18.0 Å². The van der Waals surface area contributed by atoms with Gasteiger partial charge < -0.3 is 25.0 Å². The largest absolute Gasteiger partial charge is 0.435 e. The van der Waals surface area contributed by atoms with Gasteiger partial charge in [0.15, 0.2) is 11.5 Å². The molecule has 2 N–H and O–H groups in total. The van der Waals surface area contributed by atoms with Gasteiger partial charge in [0.2, 0.25) is 5.91 Å². The van der Waals surface area contributed by atoms with Gasteiger partial charge in [0.05, 0.1) is 40.1 Å². The number of carbonyl (C=O) groups excluding carboxylic acids is 3. The lowest BCUT2D eigenvalue weighted by molar-refractivity contribution is -0.141. The van der Waals surface area contributed by atoms with Crippen molar-refractivity contribution in [2.45, 2.75) is 50.4 Å². The Labute approximate surface area is 256 Å². The summed E-state index contributed by atoms with van der Waals surface area (Å²) in [5.41, 5.74) is -0.537. The Balaban J connectivity index is 1.10. The second kappa shape index (κ2) is 11.9. The number of imidazole rings is 1. The molecule has 0 spiro atoms. The molecule has 1 unspecified atom stereocenters. The molecule has 6 rings (SSSR count). The lowest BCUT2D eigenvalue weighted by Gasteiger charge is -2.37. The summed E-state index contributed by atoms with van der Waals surface area (Å²) in [6.45, 7) is 2.46. The van der Waals surface area contributed by atoms with Gasteiger partial charge in [-0.1, -0.05) is 18.0 Å². The zero-order chi connectivity index (χ0) is 31.2. The van der Waals surface area contributed by atoms with Crippen LogP contribution in [-0.4, -0.2) is 85.6 Å². The Hall–Kier alpha value is -3.91. The van der Waals surface area contributed by atoms with Gasteiger partial charge in [0, 0.05) is 45.1 Å². The van der Waals surface area contributed by atoms with Gasteiger partial charge in [-0.3, -0.25) is 19.1 Å². The molecule has 1 atom stereocenters. The fourth-order valence-electron chi connectivity index (χ4n) is 5.72. The predicted octanol–water partition coefficient (Wildman–Crippen LogP) is 3.97. The smallest absolute Gasteiger partial charge is 0.338 e. The third-order valence-electron chi connectivity index (χ3n) is 8.33. The first-order valence-corrected chi connectivity index (χ1v) is 15.0. The van der Waals surface area contributed by atoms with Crippen molar-refractivity contribution in [3.63, 3.8) is 0 Å². The minimum Gasteiger partial charge on any atom is -0.338 e. The number of rotatable bonds is 6. The summed E-state index contributed by atoms with van der Waals surface area (Å²) in [4.78, 5) is 46.6. The highest BCUT2D eigenvalue weighted by molar-refractivity contribution is 6.34. The Bertz CT molecular complexity index is 1580. The standard InChI is InChI=1S/C29H32ClF3N8O3/c1-38-23(20-16-41(18-6-7-18)37-24(20)29(31,32)33)15-35-25(38)26(42)36-17-5-8-19(21(30)14-17)27(43)39-10-12-40(13-11-39)28(44)22-4-2-3-9-34-22/h5,8,14-16,18,22,34H,2-4,6-7,9-13H2,1H3,(H,36,42). The Morgan fingerprint density at radius 2 is 1.77 bits per heavy atom. The maximum atomic E-state index is 13.7. The van der Waals surface area contributed by atoms with Crippen molar-refractivity contribution >= 4 is 35.0 Å². The van der Waals surface area contributed by atoms with Crippen LogP contribution in [0, 0.1) is 0 Å². The normalized spacial score (nSPS) is 19.2. The minimum absolute atomic E-state index is 0.0574. The molecule has 2 saturated heterocycles. The number of alkyl halides is 3. The monoisotopic (exact) mass is 632 g/mol. The zero-order valence-corrected chi connectivity index (χ0v) is 24.8. The summed E-state index contributed by atoms with van der Waals surface area (Å²) in [6, 6.07) is 4.25. The van der Waals surface area contributed by atoms with E-state index in [4.69, 9.17) is 11.6 Å². The Morgan fingerprint density at radius 1 is 1.05 bits per heavy atom. The highest BCUT2D eigenvalue weighted by atomic mass is 35.5. The summed E-state index contributed by atoms with van der Waals surface area (Å²) in [6.07, 6.45) is 2.33. The molecule has 15 heteroatoms. The fourth-order valence-corrected chi connectivity index (χ4v) is 5.98. The number of aromatic nitrogens is 4. The number of piperazine rings is 1. The van der Waals surface area contributed by atoms with Crippen LogP contribution in [0.25, 0.3) is 11.3 Å². The molecule has 2 aromatic heterocycles. The summed E-state index contributed by atoms with van der Waals surface area (Å²) in [5, 5.41) is 9.81. The molecule has 1 aliphatic carbocycles. The first-order valence-electron chi connectivity index (χ1n) is 14.6. The second-order valence-electron chi connectivity index (χ2n) is 11.4. The van der Waals surface area contributed by atoms with Crippen LogP contribution in [0.4, 0.5) is 18.9 Å². The number of nitrogens with one attached hydrogen (secondary N) is 2. The molecule has 3 amide bonds. The summed E-state index contributed by atoms with van der Waals surface area (Å²) in [7, 11) is 1.46. The molecule has 44 heavy (non-hydrogen) atoms. The number of nitrogens with zero attached hydrogens (tertiary/aromatic N) is 6. The molecular formula is C29H32ClF3N8O3. The third kappa shape index (κ3) is 6.05. The maximum absolute atomic E-state index is 13.7. The van der Waals surface area contributed by atoms with E-state index in [1.165, 1.54) is 46.9 Å². The summed E-state index contributed by atoms with van der Waals surface area (Å²) < 4.78 is 43.8. The van der Waals surface area contributed by atoms with E-state index in [2.05, 4.69) is 20.7 Å². The molecule has 3 fully saturated rings. The van der Waals surface area contributed by atoms with Crippen molar-refractivity contribution in [3.05, 3.63) is 52.7 Å². The van der Waals surface area contributed by atoms with E-state index in [-0.39, 0.29) is 57.3 Å². The zero-order valence-electron chi connectivity index (χ0n) is 24.0. The van der Waals surface area contributed by atoms with Crippen molar-refractivity contribution < 1.29 is 27.6 Å². The summed E-state index contributed by atoms with van der Waals surface area (Å²) >= 11 is 6.45. The molecule has 1 aromatic carbocycles. The van der Waals surface area contributed by atoms with Crippen molar-refractivity contribution in [1.29, 1.82) is 0 Å². The van der Waals surface area contributed by atoms with Crippen LogP contribution in [0.3, 0.4) is 0 Å². The van der Waals surface area contributed by atoms with Crippen molar-refractivity contribution in [1.82, 2.24) is 34.4 Å². The lowest BCUT2D eigenvalue weighted by Crippen LogP contribution is -2.55. The third-order valence-corrected chi connectivity index (χ3v) is 8.65. The number of hydrogen-bond donors (Lipinski definition) is 2. The van der Waals surface area contributed by atoms with E-state index in [1.807, 2.05) is 0 Å². The SMILES string of the molecule is Cn1c(-c2cn(C3CC3)nc2C(F)(F)F)cnc1C(=O)Nc1ccc(C(=O)N2CCN(C(=O)C3CCCCN3)CC2)c(Cl)c1. The van der Waals surface area contributed by atoms with Crippen LogP contribution in [0.2, 0.25) is 5.02 Å². The van der Waals surface area contributed by atoms with E-state index >= 15 is 0 Å². The summed E-state index contributed by atoms with van der Waals surface area (Å²) in [5.74, 6) is -0.981. The first kappa shape index (κ1) is 30.1. The van der Waals surface area contributed by atoms with E-state index in [0.717, 1.165) is 38.6 Å². The van der Waals surface area contributed by atoms with Gasteiger partial charge in [0.25, 0.3) is 11.8 Å². The van der Waals surface area contributed by atoms with Crippen LogP contribution in [0.5, 0.6) is 0 Å². The number of piperidine rings is 1. The van der Waals surface area contributed by atoms with Crippen LogP contribution in [0.1, 0.15) is 64.8 Å². The number of halogens is 4. The number of amides is 3. The van der Waals surface area contributed by atoms with E-state index in [9.17, 15) is 27.6 Å². The molecule has 1 saturated carbocycles. The predicted molar refractivity (Wildman–Crippen MR) is 155 cm³/mol. The molecule has 3 aromatic rings. The van der Waals surface area contributed by atoms with Gasteiger partial charge in [-0.25, -0.2) is 4.98 Å². The highest BCUT2D eigenvalue weighted by Gasteiger charge is 2.40. The average Bonchev–Trinajstić information content (AvgIpc) is 3.64. The number of carbonyl (C=O) groups is 3. The molecule has 11 nitrogen and oxygen atoms in total. The maximum Gasteiger partial charge on any atom is 0.435 e. The first-order chi connectivity index (χ1) is 21.0. The molecule has 4 heterocycles. The van der Waals surface area contributed by atoms with E-state index in [0.29, 0.717) is 26.2 Å². The Kier molecular flexibility index (Phi) is 8.14. The minimum atomic E-state index is -4.67. The van der Waals surface area contributed by atoms with Gasteiger partial charge in [-0.2, -0.15) is 18.3 Å². The molecule has 0 bridgehead atoms. The number of benzene rings is 1.